The normalized spacial score (nSPS) is 10.5. The summed E-state index contributed by atoms with van der Waals surface area (Å²) in [5.74, 6) is 0. The quantitative estimate of drug-likeness (QED) is 0.384. The molecule has 0 amide bonds. The Bertz CT molecular complexity index is 69.2. The lowest BCUT2D eigenvalue weighted by atomic mass is 10.8. The van der Waals surface area contributed by atoms with Gasteiger partial charge < -0.3 is 0 Å². The Morgan fingerprint density at radius 1 is 1.83 bits per heavy atom. The Morgan fingerprint density at radius 3 is 2.33 bits per heavy atom. The highest BCUT2D eigenvalue weighted by Gasteiger charge is 1.84. The molecular formula is C3H5O2P. The zero-order chi connectivity index (χ0) is 4.99. The summed E-state index contributed by atoms with van der Waals surface area (Å²) in [6.45, 7) is 3.22. The monoisotopic (exact) mass is 104 g/mol. The Labute approximate surface area is 37.4 Å². The summed E-state index contributed by atoms with van der Waals surface area (Å²) in [6.07, 6.45) is 1.45. The van der Waals surface area contributed by atoms with Gasteiger partial charge in [-0.1, -0.05) is 6.08 Å². The van der Waals surface area contributed by atoms with Crippen LogP contribution in [0.15, 0.2) is 12.7 Å². The average molecular weight is 104 g/mol. The summed E-state index contributed by atoms with van der Waals surface area (Å²) < 4.78 is 9.57. The van der Waals surface area contributed by atoms with Crippen LogP contribution in [-0.4, -0.2) is 6.16 Å². The van der Waals surface area contributed by atoms with Crippen molar-refractivity contribution in [2.45, 2.75) is 0 Å². The topological polar surface area (TPSA) is 37.0 Å². The molecule has 0 spiro atoms. The standard InChI is InChI=1S/C3H5O2P/c1-2-3-6(4)5/h2H,1,3H2. The Balaban J connectivity index is 3.05. The van der Waals surface area contributed by atoms with E-state index in [2.05, 4.69) is 6.58 Å². The van der Waals surface area contributed by atoms with E-state index >= 15 is 0 Å². The van der Waals surface area contributed by atoms with Crippen LogP contribution in [0.2, 0.25) is 0 Å². The first-order valence-corrected chi connectivity index (χ1v) is 2.86. The van der Waals surface area contributed by atoms with Crippen LogP contribution >= 0.6 is 8.03 Å². The van der Waals surface area contributed by atoms with Gasteiger partial charge in [0.25, 0.3) is 0 Å². The number of allylic oxidation sites excluding steroid dienone is 1. The minimum Gasteiger partial charge on any atom is -0.252 e. The van der Waals surface area contributed by atoms with Gasteiger partial charge in [-0.15, -0.1) is 11.5 Å². The molecule has 0 saturated heterocycles. The molecule has 0 N–H and O–H groups in total. The van der Waals surface area contributed by atoms with E-state index in [1.807, 2.05) is 0 Å². The Morgan fingerprint density at radius 2 is 2.33 bits per heavy atom. The van der Waals surface area contributed by atoms with Gasteiger partial charge in [0.15, 0.2) is 0 Å². The van der Waals surface area contributed by atoms with Crippen molar-refractivity contribution in [3.8, 4) is 0 Å². The summed E-state index contributed by atoms with van der Waals surface area (Å²) in [4.78, 5) is 9.57. The van der Waals surface area contributed by atoms with Gasteiger partial charge >= 0.3 is 0 Å². The molecule has 1 unspecified atom stereocenters. The van der Waals surface area contributed by atoms with Gasteiger partial charge in [-0.25, -0.2) is 0 Å². The zero-order valence-corrected chi connectivity index (χ0v) is 4.15. The highest BCUT2D eigenvalue weighted by Crippen LogP contribution is 2.11. The van der Waals surface area contributed by atoms with Crippen LogP contribution in [0.4, 0.5) is 0 Å². The Kier molecular flexibility index (Phi) is 2.91. The molecule has 0 aliphatic rings. The zero-order valence-electron chi connectivity index (χ0n) is 3.26. The second kappa shape index (κ2) is 3.01. The lowest BCUT2D eigenvalue weighted by Crippen LogP contribution is -1.59. The maximum absolute atomic E-state index is 9.57. The van der Waals surface area contributed by atoms with E-state index in [-0.39, 0.29) is 6.16 Å². The predicted molar refractivity (Wildman–Crippen MR) is 23.4 cm³/mol. The molecular weight excluding hydrogens is 99.0 g/mol. The van der Waals surface area contributed by atoms with Gasteiger partial charge in [0.05, 0.1) is 6.16 Å². The van der Waals surface area contributed by atoms with Gasteiger partial charge in [0.1, 0.15) is 0 Å². The molecule has 2 nitrogen and oxygen atoms in total. The third-order valence-corrected chi connectivity index (χ3v) is 0.835. The van der Waals surface area contributed by atoms with E-state index in [1.165, 1.54) is 6.08 Å². The fourth-order valence-electron chi connectivity index (χ4n) is 0.105. The molecule has 6 heavy (non-hydrogen) atoms. The molecule has 0 aromatic carbocycles. The molecule has 0 aliphatic heterocycles. The van der Waals surface area contributed by atoms with Crippen molar-refractivity contribution >= 4 is 8.03 Å². The van der Waals surface area contributed by atoms with E-state index < -0.39 is 8.03 Å². The van der Waals surface area contributed by atoms with Gasteiger partial charge in [-0.3, -0.25) is 4.57 Å². The molecule has 0 aromatic rings. The van der Waals surface area contributed by atoms with Crippen LogP contribution in [0.5, 0.6) is 0 Å². The third kappa shape index (κ3) is 3.80. The fraction of sp³-hybridized carbons (Fsp3) is 0.333. The average Bonchev–Trinajstić information content (AvgIpc) is 1.35. The largest absolute Gasteiger partial charge is 0.252 e. The van der Waals surface area contributed by atoms with E-state index in [4.69, 9.17) is 0 Å². The highest BCUT2D eigenvalue weighted by molar-refractivity contribution is 7.37. The molecule has 3 heteroatoms. The third-order valence-electron chi connectivity index (χ3n) is 0.278. The summed E-state index contributed by atoms with van der Waals surface area (Å²) >= 11 is 0. The van der Waals surface area contributed by atoms with E-state index in [0.29, 0.717) is 0 Å². The Hall–Kier alpha value is -0.200. The first-order valence-electron chi connectivity index (χ1n) is 1.50. The molecule has 0 aromatic heterocycles. The summed E-state index contributed by atoms with van der Waals surface area (Å²) in [7, 11) is -2.22. The maximum Gasteiger partial charge on any atom is 0.249 e. The van der Waals surface area contributed by atoms with Gasteiger partial charge in [-0.05, 0) is 0 Å². The molecule has 34 valence electrons. The van der Waals surface area contributed by atoms with Crippen LogP contribution in [-0.2, 0) is 9.46 Å². The van der Waals surface area contributed by atoms with Crippen LogP contribution in [0, 0.1) is 0 Å². The molecule has 0 saturated carbocycles. The van der Waals surface area contributed by atoms with Gasteiger partial charge in [0, 0.05) is 0 Å². The second-order valence-corrected chi connectivity index (χ2v) is 1.83. The molecule has 0 aliphatic carbocycles. The highest BCUT2D eigenvalue weighted by atomic mass is 31.1. The molecule has 0 fully saturated rings. The van der Waals surface area contributed by atoms with E-state index in [9.17, 15) is 9.46 Å². The van der Waals surface area contributed by atoms with Crippen molar-refractivity contribution in [1.82, 2.24) is 0 Å². The van der Waals surface area contributed by atoms with Crippen LogP contribution in [0.1, 0.15) is 0 Å². The predicted octanol–water partition coefficient (Wildman–Crippen LogP) is 1.35. The first kappa shape index (κ1) is 5.80. The minimum absolute atomic E-state index is 0.0926. The number of hydrogen-bond acceptors (Lipinski definition) is 1. The summed E-state index contributed by atoms with van der Waals surface area (Å²) in [5.41, 5.74) is 0. The molecule has 0 rings (SSSR count). The fourth-order valence-corrected chi connectivity index (χ4v) is 0.316. The molecule has 0 heterocycles. The molecule has 1 atom stereocenters. The lowest BCUT2D eigenvalue weighted by Gasteiger charge is -1.71. The van der Waals surface area contributed by atoms with Gasteiger partial charge in [-0.2, -0.15) is 0 Å². The maximum atomic E-state index is 9.57. The summed E-state index contributed by atoms with van der Waals surface area (Å²) in [6, 6.07) is 0. The van der Waals surface area contributed by atoms with E-state index in [0.717, 1.165) is 0 Å². The van der Waals surface area contributed by atoms with Crippen molar-refractivity contribution in [3.63, 3.8) is 0 Å². The van der Waals surface area contributed by atoms with Crippen molar-refractivity contribution in [3.05, 3.63) is 12.7 Å². The summed E-state index contributed by atoms with van der Waals surface area (Å²) in [5, 5.41) is 0. The first-order chi connectivity index (χ1) is 2.77. The van der Waals surface area contributed by atoms with Gasteiger partial charge in [0.2, 0.25) is 8.03 Å². The van der Waals surface area contributed by atoms with Crippen molar-refractivity contribution < 1.29 is 9.46 Å². The number of hydrogen-bond donors (Lipinski definition) is 0. The van der Waals surface area contributed by atoms with Crippen molar-refractivity contribution in [2.24, 2.45) is 0 Å². The van der Waals surface area contributed by atoms with Crippen LogP contribution < -0.4 is 0 Å². The number of rotatable bonds is 2. The molecule has 0 bridgehead atoms. The minimum atomic E-state index is -2.22. The van der Waals surface area contributed by atoms with Crippen molar-refractivity contribution in [1.29, 1.82) is 0 Å². The van der Waals surface area contributed by atoms with Crippen LogP contribution in [0.3, 0.4) is 0 Å². The van der Waals surface area contributed by atoms with E-state index in [1.54, 1.807) is 0 Å². The lowest BCUT2D eigenvalue weighted by molar-refractivity contribution is 0.437. The SMILES string of the molecule is C=CC[P]([O])=O. The smallest absolute Gasteiger partial charge is 0.249 e. The second-order valence-electron chi connectivity index (χ2n) is 0.804. The van der Waals surface area contributed by atoms with Crippen LogP contribution in [0.25, 0.3) is 0 Å². The van der Waals surface area contributed by atoms with Crippen molar-refractivity contribution in [2.75, 3.05) is 6.16 Å². The molecule has 2 radical (unpaired) electrons.